The van der Waals surface area contributed by atoms with Gasteiger partial charge in [-0.05, 0) is 43.9 Å². The normalized spacial score (nSPS) is 16.5. The van der Waals surface area contributed by atoms with Crippen molar-refractivity contribution >= 4 is 22.4 Å². The molecule has 29 heavy (non-hydrogen) atoms. The first kappa shape index (κ1) is 19.5. The molecule has 1 saturated carbocycles. The molecule has 0 aromatic heterocycles. The largest absolute Gasteiger partial charge is 0.490 e. The zero-order valence-corrected chi connectivity index (χ0v) is 17.3. The fraction of sp³-hybridized carbons (Fsp3) is 0.346. The van der Waals surface area contributed by atoms with Gasteiger partial charge in [-0.25, -0.2) is 0 Å². The van der Waals surface area contributed by atoms with Crippen molar-refractivity contribution in [2.75, 3.05) is 5.32 Å². The lowest BCUT2D eigenvalue weighted by atomic mass is 9.78. The minimum atomic E-state index is -0.436. The highest BCUT2D eigenvalue weighted by Crippen LogP contribution is 2.42. The minimum absolute atomic E-state index is 0.0990. The Balaban J connectivity index is 1.69. The molecule has 150 valence electrons. The second-order valence-electron chi connectivity index (χ2n) is 8.10. The van der Waals surface area contributed by atoms with Crippen molar-refractivity contribution in [1.29, 1.82) is 0 Å². The van der Waals surface area contributed by atoms with Gasteiger partial charge in [-0.15, -0.1) is 0 Å². The van der Waals surface area contributed by atoms with Gasteiger partial charge in [-0.2, -0.15) is 0 Å². The van der Waals surface area contributed by atoms with E-state index in [-0.39, 0.29) is 12.0 Å². The maximum absolute atomic E-state index is 13.5. The molecule has 3 aromatic carbocycles. The smallest absolute Gasteiger partial charge is 0.235 e. The molecule has 0 heterocycles. The first-order valence-corrected chi connectivity index (χ1v) is 10.7. The van der Waals surface area contributed by atoms with Gasteiger partial charge in [0.1, 0.15) is 5.75 Å². The van der Waals surface area contributed by atoms with E-state index in [1.165, 1.54) is 0 Å². The Bertz CT molecular complexity index is 990. The van der Waals surface area contributed by atoms with E-state index < -0.39 is 5.41 Å². The van der Waals surface area contributed by atoms with Gasteiger partial charge in [0, 0.05) is 16.5 Å². The molecule has 0 saturated heterocycles. The number of fused-ring (bicyclic) bond motifs is 1. The van der Waals surface area contributed by atoms with E-state index in [0.29, 0.717) is 0 Å². The van der Waals surface area contributed by atoms with Crippen molar-refractivity contribution in [2.45, 2.75) is 57.5 Å². The number of amides is 1. The van der Waals surface area contributed by atoms with Crippen LogP contribution in [-0.4, -0.2) is 12.0 Å². The van der Waals surface area contributed by atoms with Gasteiger partial charge in [0.25, 0.3) is 0 Å². The third-order valence-electron chi connectivity index (χ3n) is 6.25. The molecule has 3 nitrogen and oxygen atoms in total. The molecule has 0 aliphatic heterocycles. The van der Waals surface area contributed by atoms with Gasteiger partial charge in [0.05, 0.1) is 11.5 Å². The lowest BCUT2D eigenvalue weighted by Crippen LogP contribution is -2.38. The van der Waals surface area contributed by atoms with Gasteiger partial charge in [0.2, 0.25) is 5.91 Å². The van der Waals surface area contributed by atoms with E-state index in [9.17, 15) is 4.79 Å². The molecule has 0 bridgehead atoms. The van der Waals surface area contributed by atoms with Crippen LogP contribution in [0.5, 0.6) is 5.75 Å². The van der Waals surface area contributed by atoms with E-state index in [1.54, 1.807) is 0 Å². The predicted molar refractivity (Wildman–Crippen MR) is 120 cm³/mol. The van der Waals surface area contributed by atoms with Gasteiger partial charge in [0.15, 0.2) is 0 Å². The lowest BCUT2D eigenvalue weighted by Gasteiger charge is -2.28. The predicted octanol–water partition coefficient (Wildman–Crippen LogP) is 6.47. The summed E-state index contributed by atoms with van der Waals surface area (Å²) in [4.78, 5) is 13.5. The van der Waals surface area contributed by atoms with Crippen molar-refractivity contribution in [3.8, 4) is 5.75 Å². The SMILES string of the molecule is CC[C@@H](C)Oc1ccc(NC(=O)C2(c3ccccc3)CCCC2)c2ccccc12. The maximum atomic E-state index is 13.5. The quantitative estimate of drug-likeness (QED) is 0.526. The summed E-state index contributed by atoms with van der Waals surface area (Å²) in [7, 11) is 0. The summed E-state index contributed by atoms with van der Waals surface area (Å²) < 4.78 is 6.11. The first-order valence-electron chi connectivity index (χ1n) is 10.7. The van der Waals surface area contributed by atoms with Gasteiger partial charge in [-0.3, -0.25) is 4.79 Å². The van der Waals surface area contributed by atoms with Crippen molar-refractivity contribution in [2.24, 2.45) is 0 Å². The van der Waals surface area contributed by atoms with Crippen molar-refractivity contribution < 1.29 is 9.53 Å². The average Bonchev–Trinajstić information content (AvgIpc) is 3.27. The van der Waals surface area contributed by atoms with Crippen LogP contribution in [0.1, 0.15) is 51.5 Å². The Morgan fingerprint density at radius 1 is 0.966 bits per heavy atom. The molecule has 0 spiro atoms. The lowest BCUT2D eigenvalue weighted by molar-refractivity contribution is -0.121. The topological polar surface area (TPSA) is 38.3 Å². The second-order valence-corrected chi connectivity index (χ2v) is 8.10. The Morgan fingerprint density at radius 2 is 1.62 bits per heavy atom. The first-order chi connectivity index (χ1) is 14.1. The molecule has 1 aliphatic carbocycles. The fourth-order valence-corrected chi connectivity index (χ4v) is 4.41. The van der Waals surface area contributed by atoms with E-state index in [2.05, 4.69) is 43.4 Å². The zero-order chi connectivity index (χ0) is 20.3. The Morgan fingerprint density at radius 3 is 2.31 bits per heavy atom. The van der Waals surface area contributed by atoms with E-state index in [0.717, 1.165) is 59.9 Å². The molecule has 1 atom stereocenters. The monoisotopic (exact) mass is 387 g/mol. The number of ether oxygens (including phenoxy) is 1. The van der Waals surface area contributed by atoms with Crippen LogP contribution in [0, 0.1) is 0 Å². The van der Waals surface area contributed by atoms with E-state index in [1.807, 2.05) is 42.5 Å². The second kappa shape index (κ2) is 8.28. The van der Waals surface area contributed by atoms with Crippen molar-refractivity contribution in [3.05, 3.63) is 72.3 Å². The molecule has 1 aliphatic rings. The summed E-state index contributed by atoms with van der Waals surface area (Å²) in [5, 5.41) is 5.32. The summed E-state index contributed by atoms with van der Waals surface area (Å²) in [5.41, 5.74) is 1.54. The highest BCUT2D eigenvalue weighted by molar-refractivity contribution is 6.07. The summed E-state index contributed by atoms with van der Waals surface area (Å²) in [6.45, 7) is 4.19. The number of hydrogen-bond acceptors (Lipinski definition) is 2. The number of anilines is 1. The van der Waals surface area contributed by atoms with Gasteiger partial charge < -0.3 is 10.1 Å². The summed E-state index contributed by atoms with van der Waals surface area (Å²) >= 11 is 0. The molecule has 4 rings (SSSR count). The number of carbonyl (C=O) groups is 1. The van der Waals surface area contributed by atoms with Crippen LogP contribution in [0.4, 0.5) is 5.69 Å². The molecular weight excluding hydrogens is 358 g/mol. The Labute approximate surface area is 173 Å². The molecule has 1 fully saturated rings. The average molecular weight is 388 g/mol. The summed E-state index contributed by atoms with van der Waals surface area (Å²) in [6, 6.07) is 22.3. The summed E-state index contributed by atoms with van der Waals surface area (Å²) in [6.07, 6.45) is 5.08. The molecule has 1 amide bonds. The van der Waals surface area contributed by atoms with Crippen LogP contribution in [0.25, 0.3) is 10.8 Å². The van der Waals surface area contributed by atoms with Crippen LogP contribution in [0.2, 0.25) is 0 Å². The standard InChI is InChI=1S/C26H29NO2/c1-3-19(2)29-24-16-15-23(21-13-7-8-14-22(21)24)27-25(28)26(17-9-10-18-26)20-11-5-4-6-12-20/h4-8,11-16,19H,3,9-10,17-18H2,1-2H3,(H,27,28)/t19-/m1/s1. The molecule has 3 heteroatoms. The van der Waals surface area contributed by atoms with Gasteiger partial charge >= 0.3 is 0 Å². The molecule has 3 aromatic rings. The third-order valence-corrected chi connectivity index (χ3v) is 6.25. The zero-order valence-electron chi connectivity index (χ0n) is 17.3. The minimum Gasteiger partial charge on any atom is -0.490 e. The molecule has 0 unspecified atom stereocenters. The molecular formula is C26H29NO2. The molecule has 1 N–H and O–H groups in total. The summed E-state index contributed by atoms with van der Waals surface area (Å²) in [5.74, 6) is 0.966. The van der Waals surface area contributed by atoms with Crippen LogP contribution in [0.3, 0.4) is 0 Å². The van der Waals surface area contributed by atoms with Crippen LogP contribution in [-0.2, 0) is 10.2 Å². The van der Waals surface area contributed by atoms with Crippen molar-refractivity contribution in [1.82, 2.24) is 0 Å². The Hall–Kier alpha value is -2.81. The third kappa shape index (κ3) is 3.74. The highest BCUT2D eigenvalue weighted by Gasteiger charge is 2.42. The molecule has 0 radical (unpaired) electrons. The van der Waals surface area contributed by atoms with Crippen LogP contribution in [0.15, 0.2) is 66.7 Å². The van der Waals surface area contributed by atoms with Crippen molar-refractivity contribution in [3.63, 3.8) is 0 Å². The van der Waals surface area contributed by atoms with E-state index >= 15 is 0 Å². The van der Waals surface area contributed by atoms with Crippen LogP contribution >= 0.6 is 0 Å². The number of hydrogen-bond donors (Lipinski definition) is 1. The van der Waals surface area contributed by atoms with Crippen LogP contribution < -0.4 is 10.1 Å². The fourth-order valence-electron chi connectivity index (χ4n) is 4.41. The number of benzene rings is 3. The maximum Gasteiger partial charge on any atom is 0.235 e. The number of carbonyl (C=O) groups excluding carboxylic acids is 1. The Kier molecular flexibility index (Phi) is 5.57. The van der Waals surface area contributed by atoms with E-state index in [4.69, 9.17) is 4.74 Å². The highest BCUT2D eigenvalue weighted by atomic mass is 16.5. The number of rotatable bonds is 6. The van der Waals surface area contributed by atoms with Gasteiger partial charge in [-0.1, -0.05) is 74.4 Å². The number of nitrogens with one attached hydrogen (secondary N) is 1.